The van der Waals surface area contributed by atoms with Crippen molar-refractivity contribution < 1.29 is 8.42 Å². The number of hydrogen-bond donors (Lipinski definition) is 0. The van der Waals surface area contributed by atoms with E-state index in [1.54, 1.807) is 0 Å². The Morgan fingerprint density at radius 3 is 1.15 bits per heavy atom. The molecule has 13 heavy (non-hydrogen) atoms. The average molecular weight is 206 g/mol. The van der Waals surface area contributed by atoms with E-state index in [0.717, 1.165) is 25.7 Å². The van der Waals surface area contributed by atoms with Crippen LogP contribution in [0.4, 0.5) is 0 Å². The maximum Gasteiger partial charge on any atom is 0.155 e. The van der Waals surface area contributed by atoms with Crippen molar-refractivity contribution in [3.05, 3.63) is 0 Å². The average Bonchev–Trinajstić information content (AvgIpc) is 2.07. The summed E-state index contributed by atoms with van der Waals surface area (Å²) in [5, 5.41) is -0.255. The summed E-state index contributed by atoms with van der Waals surface area (Å²) < 4.78 is 23.9. The van der Waals surface area contributed by atoms with Crippen molar-refractivity contribution in [2.45, 2.75) is 63.9 Å². The Bertz CT molecular complexity index is 193. The van der Waals surface area contributed by atoms with E-state index in [1.807, 2.05) is 27.7 Å². The van der Waals surface area contributed by atoms with E-state index >= 15 is 0 Å². The van der Waals surface area contributed by atoms with E-state index < -0.39 is 9.84 Å². The summed E-state index contributed by atoms with van der Waals surface area (Å²) in [5.41, 5.74) is 0. The molecule has 0 aliphatic rings. The minimum Gasteiger partial charge on any atom is -0.228 e. The normalized spacial score (nSPS) is 12.8. The minimum atomic E-state index is -2.86. The second-order valence-corrected chi connectivity index (χ2v) is 5.98. The molecule has 0 fully saturated rings. The molecular weight excluding hydrogens is 184 g/mol. The fourth-order valence-electron chi connectivity index (χ4n) is 1.78. The highest BCUT2D eigenvalue weighted by molar-refractivity contribution is 7.92. The van der Waals surface area contributed by atoms with Crippen LogP contribution in [-0.2, 0) is 9.84 Å². The fourth-order valence-corrected chi connectivity index (χ4v) is 4.18. The van der Waals surface area contributed by atoms with Gasteiger partial charge in [0.2, 0.25) is 0 Å². The van der Waals surface area contributed by atoms with Crippen molar-refractivity contribution in [2.75, 3.05) is 0 Å². The molecule has 0 atom stereocenters. The molecule has 0 aliphatic carbocycles. The molecule has 0 aromatic rings. The van der Waals surface area contributed by atoms with Crippen molar-refractivity contribution >= 4 is 9.84 Å². The molecule has 0 rings (SSSR count). The van der Waals surface area contributed by atoms with E-state index in [-0.39, 0.29) is 10.5 Å². The highest BCUT2D eigenvalue weighted by Crippen LogP contribution is 2.20. The lowest BCUT2D eigenvalue weighted by molar-refractivity contribution is 0.548. The van der Waals surface area contributed by atoms with Gasteiger partial charge in [0, 0.05) is 0 Å². The SMILES string of the molecule is CCC(CC)S(=O)(=O)C(CC)CC. The van der Waals surface area contributed by atoms with Crippen LogP contribution >= 0.6 is 0 Å². The topological polar surface area (TPSA) is 34.1 Å². The van der Waals surface area contributed by atoms with Crippen LogP contribution in [0.15, 0.2) is 0 Å². The summed E-state index contributed by atoms with van der Waals surface area (Å²) in [6.07, 6.45) is 2.98. The van der Waals surface area contributed by atoms with Gasteiger partial charge in [0.25, 0.3) is 0 Å². The molecule has 0 aromatic heterocycles. The Morgan fingerprint density at radius 2 is 1.00 bits per heavy atom. The van der Waals surface area contributed by atoms with Crippen LogP contribution in [0.2, 0.25) is 0 Å². The quantitative estimate of drug-likeness (QED) is 0.669. The van der Waals surface area contributed by atoms with Crippen molar-refractivity contribution in [3.8, 4) is 0 Å². The Balaban J connectivity index is 4.71. The molecule has 0 saturated carbocycles. The first-order chi connectivity index (χ1) is 6.04. The zero-order valence-corrected chi connectivity index (χ0v) is 10.0. The monoisotopic (exact) mass is 206 g/mol. The van der Waals surface area contributed by atoms with Crippen LogP contribution in [0.3, 0.4) is 0 Å². The van der Waals surface area contributed by atoms with Gasteiger partial charge in [-0.2, -0.15) is 0 Å². The summed E-state index contributed by atoms with van der Waals surface area (Å²) in [6, 6.07) is 0. The first-order valence-electron chi connectivity index (χ1n) is 5.27. The van der Waals surface area contributed by atoms with Crippen LogP contribution in [-0.4, -0.2) is 18.9 Å². The maximum atomic E-state index is 12.0. The Kier molecular flexibility index (Phi) is 5.61. The molecule has 0 unspecified atom stereocenters. The van der Waals surface area contributed by atoms with E-state index in [2.05, 4.69) is 0 Å². The minimum absolute atomic E-state index is 0.127. The van der Waals surface area contributed by atoms with Gasteiger partial charge in [0.05, 0.1) is 10.5 Å². The Hall–Kier alpha value is -0.0500. The summed E-state index contributed by atoms with van der Waals surface area (Å²) in [7, 11) is -2.86. The predicted molar refractivity (Wildman–Crippen MR) is 57.7 cm³/mol. The Labute approximate surface area is 82.6 Å². The number of rotatable bonds is 6. The molecule has 0 heterocycles. The van der Waals surface area contributed by atoms with Crippen molar-refractivity contribution in [1.82, 2.24) is 0 Å². The van der Waals surface area contributed by atoms with Gasteiger partial charge in [0.15, 0.2) is 9.84 Å². The highest BCUT2D eigenvalue weighted by atomic mass is 32.2. The third kappa shape index (κ3) is 2.97. The zero-order valence-electron chi connectivity index (χ0n) is 9.21. The fraction of sp³-hybridized carbons (Fsp3) is 1.00. The van der Waals surface area contributed by atoms with Crippen LogP contribution < -0.4 is 0 Å². The molecule has 0 spiro atoms. The van der Waals surface area contributed by atoms with Gasteiger partial charge in [-0.15, -0.1) is 0 Å². The van der Waals surface area contributed by atoms with Crippen molar-refractivity contribution in [2.24, 2.45) is 0 Å². The molecule has 0 aromatic carbocycles. The van der Waals surface area contributed by atoms with Crippen molar-refractivity contribution in [3.63, 3.8) is 0 Å². The summed E-state index contributed by atoms with van der Waals surface area (Å²) in [6.45, 7) is 7.81. The summed E-state index contributed by atoms with van der Waals surface area (Å²) >= 11 is 0. The van der Waals surface area contributed by atoms with E-state index in [1.165, 1.54) is 0 Å². The molecule has 0 radical (unpaired) electrons. The third-order valence-electron chi connectivity index (χ3n) is 2.75. The van der Waals surface area contributed by atoms with Gasteiger partial charge in [-0.25, -0.2) is 8.42 Å². The summed E-state index contributed by atoms with van der Waals surface area (Å²) in [4.78, 5) is 0. The smallest absolute Gasteiger partial charge is 0.155 e. The van der Waals surface area contributed by atoms with Crippen LogP contribution in [0, 0.1) is 0 Å². The highest BCUT2D eigenvalue weighted by Gasteiger charge is 2.28. The third-order valence-corrected chi connectivity index (χ3v) is 5.94. The van der Waals surface area contributed by atoms with Gasteiger partial charge in [-0.3, -0.25) is 0 Å². The second kappa shape index (κ2) is 5.63. The first kappa shape index (κ1) is 12.9. The first-order valence-corrected chi connectivity index (χ1v) is 6.88. The van der Waals surface area contributed by atoms with Crippen LogP contribution in [0.5, 0.6) is 0 Å². The number of hydrogen-bond acceptors (Lipinski definition) is 2. The second-order valence-electron chi connectivity index (χ2n) is 3.47. The molecule has 0 amide bonds. The molecular formula is C10H22O2S. The lowest BCUT2D eigenvalue weighted by Gasteiger charge is -2.20. The van der Waals surface area contributed by atoms with Gasteiger partial charge in [-0.05, 0) is 25.7 Å². The maximum absolute atomic E-state index is 12.0. The molecule has 3 heteroatoms. The zero-order chi connectivity index (χ0) is 10.5. The Morgan fingerprint density at radius 1 is 0.769 bits per heavy atom. The lowest BCUT2D eigenvalue weighted by atomic mass is 10.2. The molecule has 0 aliphatic heterocycles. The molecule has 0 saturated heterocycles. The number of sulfone groups is 1. The van der Waals surface area contributed by atoms with Gasteiger partial charge in [-0.1, -0.05) is 27.7 Å². The van der Waals surface area contributed by atoms with Gasteiger partial charge < -0.3 is 0 Å². The van der Waals surface area contributed by atoms with Gasteiger partial charge in [0.1, 0.15) is 0 Å². The lowest BCUT2D eigenvalue weighted by Crippen LogP contribution is -2.30. The standard InChI is InChI=1S/C10H22O2S/c1-5-9(6-2)13(11,12)10(7-3)8-4/h9-10H,5-8H2,1-4H3. The molecule has 2 nitrogen and oxygen atoms in total. The predicted octanol–water partition coefficient (Wildman–Crippen LogP) is 2.78. The van der Waals surface area contributed by atoms with E-state index in [0.29, 0.717) is 0 Å². The molecule has 0 bridgehead atoms. The van der Waals surface area contributed by atoms with Crippen LogP contribution in [0.25, 0.3) is 0 Å². The largest absolute Gasteiger partial charge is 0.228 e. The van der Waals surface area contributed by atoms with Crippen LogP contribution in [0.1, 0.15) is 53.4 Å². The van der Waals surface area contributed by atoms with E-state index in [4.69, 9.17) is 0 Å². The van der Waals surface area contributed by atoms with E-state index in [9.17, 15) is 8.42 Å². The summed E-state index contributed by atoms with van der Waals surface area (Å²) in [5.74, 6) is 0. The van der Waals surface area contributed by atoms with Gasteiger partial charge >= 0.3 is 0 Å². The molecule has 80 valence electrons. The molecule has 0 N–H and O–H groups in total. The van der Waals surface area contributed by atoms with Crippen molar-refractivity contribution in [1.29, 1.82) is 0 Å².